The number of carbonyl (C=O) groups is 3. The second kappa shape index (κ2) is 11.4. The minimum atomic E-state index is -0.715. The van der Waals surface area contributed by atoms with Crippen LogP contribution in [0.15, 0.2) is 25.3 Å². The number of esters is 1. The average Bonchev–Trinajstić information content (AvgIpc) is 3.38. The maximum absolute atomic E-state index is 13.9. The van der Waals surface area contributed by atoms with Crippen LogP contribution >= 0.6 is 27.7 Å². The van der Waals surface area contributed by atoms with E-state index in [1.807, 2.05) is 0 Å². The van der Waals surface area contributed by atoms with Gasteiger partial charge in [0.1, 0.15) is 6.04 Å². The van der Waals surface area contributed by atoms with Crippen LogP contribution in [0.3, 0.4) is 0 Å². The molecule has 0 saturated carbocycles. The molecule has 3 saturated heterocycles. The number of unbranched alkanes of at least 4 members (excludes halogenated alkanes) is 2. The number of aliphatic hydroxyl groups excluding tert-OH is 1. The first-order valence-corrected chi connectivity index (χ1v) is 13.6. The van der Waals surface area contributed by atoms with E-state index in [9.17, 15) is 19.5 Å². The number of nitrogens with zero attached hydrogens (tertiary/aromatic N) is 2. The van der Waals surface area contributed by atoms with Crippen molar-refractivity contribution in [1.82, 2.24) is 9.80 Å². The van der Waals surface area contributed by atoms with Crippen LogP contribution in [-0.2, 0) is 19.1 Å². The van der Waals surface area contributed by atoms with Gasteiger partial charge in [-0.25, -0.2) is 0 Å². The van der Waals surface area contributed by atoms with Crippen LogP contribution in [0.25, 0.3) is 0 Å². The van der Waals surface area contributed by atoms with E-state index < -0.39 is 22.6 Å². The third-order valence-electron chi connectivity index (χ3n) is 6.88. The van der Waals surface area contributed by atoms with Gasteiger partial charge in [-0.05, 0) is 25.7 Å². The SMILES string of the molecule is C=CCCCOC(=O)[C@H]1[C@H]2C(=O)N(CCO)C(C(=O)N(CC=C)CCCC)C23CC(Br)[C@@H]1S3. The molecule has 2 amide bonds. The maximum Gasteiger partial charge on any atom is 0.310 e. The normalized spacial score (nSPS) is 32.0. The first kappa shape index (κ1) is 26.3. The molecule has 7 nitrogen and oxygen atoms in total. The van der Waals surface area contributed by atoms with E-state index in [0.29, 0.717) is 25.9 Å². The first-order chi connectivity index (χ1) is 15.9. The van der Waals surface area contributed by atoms with Gasteiger partial charge in [-0.2, -0.15) is 0 Å². The lowest BCUT2D eigenvalue weighted by Gasteiger charge is -2.37. The number of allylic oxidation sites excluding steroid dienone is 1. The second-order valence-corrected chi connectivity index (χ2v) is 11.7. The van der Waals surface area contributed by atoms with Crippen LogP contribution in [0.5, 0.6) is 0 Å². The largest absolute Gasteiger partial charge is 0.465 e. The number of fused-ring (bicyclic) bond motifs is 1. The summed E-state index contributed by atoms with van der Waals surface area (Å²) < 4.78 is 4.85. The lowest BCUT2D eigenvalue weighted by molar-refractivity contribution is -0.154. The molecule has 3 rings (SSSR count). The fraction of sp³-hybridized carbons (Fsp3) is 0.708. The Morgan fingerprint density at radius 2 is 2.12 bits per heavy atom. The Kier molecular flexibility index (Phi) is 9.08. The van der Waals surface area contributed by atoms with Crippen LogP contribution in [0.2, 0.25) is 0 Å². The van der Waals surface area contributed by atoms with Crippen molar-refractivity contribution in [3.63, 3.8) is 0 Å². The predicted molar refractivity (Wildman–Crippen MR) is 133 cm³/mol. The van der Waals surface area contributed by atoms with Gasteiger partial charge in [0.2, 0.25) is 11.8 Å². The number of alkyl halides is 1. The van der Waals surface area contributed by atoms with Crippen molar-refractivity contribution in [2.75, 3.05) is 32.8 Å². The molecule has 3 aliphatic rings. The number of thioether (sulfide) groups is 1. The van der Waals surface area contributed by atoms with Crippen molar-refractivity contribution in [3.05, 3.63) is 25.3 Å². The molecular formula is C24H35BrN2O5S. The molecule has 3 heterocycles. The molecule has 0 aromatic rings. The zero-order valence-electron chi connectivity index (χ0n) is 19.3. The van der Waals surface area contributed by atoms with Gasteiger partial charge in [-0.1, -0.05) is 41.4 Å². The predicted octanol–water partition coefficient (Wildman–Crippen LogP) is 2.77. The molecule has 0 aromatic carbocycles. The molecule has 1 N–H and O–H groups in total. The van der Waals surface area contributed by atoms with E-state index in [-0.39, 0.29) is 47.6 Å². The van der Waals surface area contributed by atoms with Crippen LogP contribution in [0.4, 0.5) is 0 Å². The minimum absolute atomic E-state index is 0.00477. The summed E-state index contributed by atoms with van der Waals surface area (Å²) in [4.78, 5) is 43.9. The lowest BCUT2D eigenvalue weighted by Crippen LogP contribution is -2.55. The number of hydrogen-bond acceptors (Lipinski definition) is 6. The van der Waals surface area contributed by atoms with E-state index in [1.165, 1.54) is 4.90 Å². The molecule has 3 fully saturated rings. The van der Waals surface area contributed by atoms with E-state index in [4.69, 9.17) is 4.74 Å². The molecule has 0 aromatic heterocycles. The number of amides is 2. The number of β-amino-alcohol motifs (C(OH)–C–C–N with tert-alkyl or cyclic N) is 1. The summed E-state index contributed by atoms with van der Waals surface area (Å²) in [5.74, 6) is -1.94. The summed E-state index contributed by atoms with van der Waals surface area (Å²) in [5.41, 5.74) is 0. The molecule has 0 radical (unpaired) electrons. The number of rotatable bonds is 13. The molecule has 6 atom stereocenters. The molecule has 0 aliphatic carbocycles. The van der Waals surface area contributed by atoms with Gasteiger partial charge in [-0.15, -0.1) is 24.9 Å². The van der Waals surface area contributed by atoms with Gasteiger partial charge in [0.25, 0.3) is 0 Å². The number of ether oxygens (including phenoxy) is 1. The molecule has 33 heavy (non-hydrogen) atoms. The Morgan fingerprint density at radius 1 is 1.36 bits per heavy atom. The Balaban J connectivity index is 1.93. The molecule has 9 heteroatoms. The lowest BCUT2D eigenvalue weighted by atomic mass is 9.71. The Bertz CT molecular complexity index is 780. The van der Waals surface area contributed by atoms with E-state index in [1.54, 1.807) is 28.8 Å². The zero-order valence-corrected chi connectivity index (χ0v) is 21.7. The summed E-state index contributed by atoms with van der Waals surface area (Å²) in [5, 5.41) is 9.58. The van der Waals surface area contributed by atoms with Crippen molar-refractivity contribution >= 4 is 45.5 Å². The van der Waals surface area contributed by atoms with Crippen molar-refractivity contribution in [1.29, 1.82) is 0 Å². The number of hydrogen-bond donors (Lipinski definition) is 1. The van der Waals surface area contributed by atoms with Crippen molar-refractivity contribution in [2.45, 2.75) is 59.9 Å². The summed E-state index contributed by atoms with van der Waals surface area (Å²) >= 11 is 5.32. The fourth-order valence-corrected chi connectivity index (χ4v) is 9.09. The third kappa shape index (κ3) is 4.78. The second-order valence-electron chi connectivity index (χ2n) is 8.94. The summed E-state index contributed by atoms with van der Waals surface area (Å²) in [7, 11) is 0. The van der Waals surface area contributed by atoms with Crippen molar-refractivity contribution in [2.24, 2.45) is 11.8 Å². The monoisotopic (exact) mass is 542 g/mol. The Morgan fingerprint density at radius 3 is 2.76 bits per heavy atom. The highest BCUT2D eigenvalue weighted by Gasteiger charge is 2.76. The summed E-state index contributed by atoms with van der Waals surface area (Å²) in [6, 6.07) is -0.715. The molecule has 2 bridgehead atoms. The maximum atomic E-state index is 13.9. The van der Waals surface area contributed by atoms with Crippen LogP contribution < -0.4 is 0 Å². The van der Waals surface area contributed by atoms with E-state index in [2.05, 4.69) is 36.0 Å². The van der Waals surface area contributed by atoms with Crippen LogP contribution in [0.1, 0.15) is 39.0 Å². The quantitative estimate of drug-likeness (QED) is 0.166. The van der Waals surface area contributed by atoms with E-state index in [0.717, 1.165) is 19.3 Å². The van der Waals surface area contributed by atoms with Gasteiger partial charge in [0.05, 0.1) is 29.8 Å². The van der Waals surface area contributed by atoms with Gasteiger partial charge in [0, 0.05) is 29.7 Å². The fourth-order valence-electron chi connectivity index (χ4n) is 5.49. The highest BCUT2D eigenvalue weighted by Crippen LogP contribution is 2.67. The Labute approximate surface area is 209 Å². The molecule has 184 valence electrons. The number of likely N-dealkylation sites (tertiary alicyclic amines) is 1. The van der Waals surface area contributed by atoms with Gasteiger partial charge in [-0.3, -0.25) is 14.4 Å². The zero-order chi connectivity index (χ0) is 24.2. The highest BCUT2D eigenvalue weighted by molar-refractivity contribution is 9.09. The standard InChI is InChI=1S/C24H35BrN2O5S/c1-4-7-9-14-32-23(31)17-18-21(29)27(12-13-28)20(24(18)15-16(25)19(17)33-24)22(30)26(10-6-3)11-8-5-2/h4,6,16-20,28H,1,3,5,7-15H2,2H3/t16?,17-,18-,19-,20?,24?/m0/s1. The van der Waals surface area contributed by atoms with Crippen molar-refractivity contribution < 1.29 is 24.2 Å². The molecule has 1 spiro atoms. The van der Waals surface area contributed by atoms with Crippen LogP contribution in [0, 0.1) is 11.8 Å². The van der Waals surface area contributed by atoms with Gasteiger partial charge >= 0.3 is 5.97 Å². The molecule has 3 unspecified atom stereocenters. The first-order valence-electron chi connectivity index (χ1n) is 11.8. The number of halogens is 1. The minimum Gasteiger partial charge on any atom is -0.465 e. The van der Waals surface area contributed by atoms with Crippen LogP contribution in [-0.4, -0.2) is 86.4 Å². The molecular weight excluding hydrogens is 508 g/mol. The third-order valence-corrected chi connectivity index (χ3v) is 10.1. The van der Waals surface area contributed by atoms with Gasteiger partial charge in [0.15, 0.2) is 0 Å². The topological polar surface area (TPSA) is 87.1 Å². The number of aliphatic hydroxyl groups is 1. The summed E-state index contributed by atoms with van der Waals surface area (Å²) in [6.45, 7) is 10.6. The smallest absolute Gasteiger partial charge is 0.310 e. The number of carbonyl (C=O) groups excluding carboxylic acids is 3. The Hall–Kier alpha value is -1.32. The van der Waals surface area contributed by atoms with Crippen molar-refractivity contribution in [3.8, 4) is 0 Å². The van der Waals surface area contributed by atoms with Gasteiger partial charge < -0.3 is 19.6 Å². The van der Waals surface area contributed by atoms with E-state index >= 15 is 0 Å². The molecule has 3 aliphatic heterocycles. The summed E-state index contributed by atoms with van der Waals surface area (Å²) in [6.07, 6.45) is 7.33. The average molecular weight is 544 g/mol. The highest BCUT2D eigenvalue weighted by atomic mass is 79.9.